The van der Waals surface area contributed by atoms with E-state index in [9.17, 15) is 0 Å². The van der Waals surface area contributed by atoms with Crippen molar-refractivity contribution in [3.63, 3.8) is 0 Å². The van der Waals surface area contributed by atoms with Gasteiger partial charge >= 0.3 is 0 Å². The molecule has 1 N–H and O–H groups in total. The van der Waals surface area contributed by atoms with Gasteiger partial charge in [0.2, 0.25) is 0 Å². The van der Waals surface area contributed by atoms with Crippen molar-refractivity contribution >= 4 is 0 Å². The van der Waals surface area contributed by atoms with Gasteiger partial charge in [0.1, 0.15) is 0 Å². The zero-order valence-corrected chi connectivity index (χ0v) is 9.91. The topological polar surface area (TPSA) is 39.7 Å². The summed E-state index contributed by atoms with van der Waals surface area (Å²) in [5.41, 5.74) is 1.34. The van der Waals surface area contributed by atoms with Crippen molar-refractivity contribution in [1.82, 2.24) is 5.32 Å². The molecule has 0 spiro atoms. The van der Waals surface area contributed by atoms with E-state index in [1.807, 2.05) is 6.26 Å². The van der Waals surface area contributed by atoms with Crippen LogP contribution in [0.3, 0.4) is 0 Å². The standard InChI is InChI=1S/C12H21NO3/c1-2-13-11(8-12-15-6-7-16-12)10-4-3-5-14-9-10/h9,11-13H,2-8H2,1H3. The second kappa shape index (κ2) is 6.23. The van der Waals surface area contributed by atoms with E-state index in [4.69, 9.17) is 14.2 Å². The van der Waals surface area contributed by atoms with Crippen molar-refractivity contribution in [2.75, 3.05) is 26.4 Å². The van der Waals surface area contributed by atoms with Crippen LogP contribution in [0.2, 0.25) is 0 Å². The van der Waals surface area contributed by atoms with Crippen LogP contribution in [0.1, 0.15) is 26.2 Å². The van der Waals surface area contributed by atoms with Gasteiger partial charge in [-0.25, -0.2) is 0 Å². The predicted octanol–water partition coefficient (Wildman–Crippen LogP) is 1.42. The largest absolute Gasteiger partial charge is 0.501 e. The summed E-state index contributed by atoms with van der Waals surface area (Å²) in [5.74, 6) is 0. The number of rotatable bonds is 5. The molecule has 2 rings (SSSR count). The summed E-state index contributed by atoms with van der Waals surface area (Å²) in [5, 5.41) is 3.47. The Balaban J connectivity index is 1.89. The second-order valence-electron chi connectivity index (χ2n) is 4.18. The SMILES string of the molecule is CCNC(CC1OCCO1)C1=COCCC1. The van der Waals surface area contributed by atoms with E-state index in [1.54, 1.807) is 0 Å². The summed E-state index contributed by atoms with van der Waals surface area (Å²) in [7, 11) is 0. The molecule has 0 aliphatic carbocycles. The molecule has 4 heteroatoms. The Bertz CT molecular complexity index is 236. The molecule has 92 valence electrons. The molecule has 1 atom stereocenters. The molecule has 1 unspecified atom stereocenters. The molecule has 1 fully saturated rings. The van der Waals surface area contributed by atoms with E-state index in [-0.39, 0.29) is 6.29 Å². The van der Waals surface area contributed by atoms with E-state index in [1.165, 1.54) is 5.57 Å². The lowest BCUT2D eigenvalue weighted by Gasteiger charge is -2.25. The summed E-state index contributed by atoms with van der Waals surface area (Å²) in [4.78, 5) is 0. The molecule has 0 saturated carbocycles. The molecule has 0 aromatic carbocycles. The van der Waals surface area contributed by atoms with Gasteiger partial charge in [-0.15, -0.1) is 0 Å². The van der Waals surface area contributed by atoms with Crippen molar-refractivity contribution in [1.29, 1.82) is 0 Å². The molecule has 4 nitrogen and oxygen atoms in total. The van der Waals surface area contributed by atoms with Crippen LogP contribution in [0.15, 0.2) is 11.8 Å². The van der Waals surface area contributed by atoms with E-state index >= 15 is 0 Å². The fourth-order valence-electron chi connectivity index (χ4n) is 2.19. The van der Waals surface area contributed by atoms with Crippen LogP contribution in [0.4, 0.5) is 0 Å². The second-order valence-corrected chi connectivity index (χ2v) is 4.18. The zero-order chi connectivity index (χ0) is 11.2. The Kier molecular flexibility index (Phi) is 4.63. The number of hydrogen-bond donors (Lipinski definition) is 1. The van der Waals surface area contributed by atoms with Crippen molar-refractivity contribution in [2.45, 2.75) is 38.5 Å². The number of nitrogens with one attached hydrogen (secondary N) is 1. The van der Waals surface area contributed by atoms with Gasteiger partial charge in [0.25, 0.3) is 0 Å². The Morgan fingerprint density at radius 1 is 1.38 bits per heavy atom. The Labute approximate surface area is 96.9 Å². The number of ether oxygens (including phenoxy) is 3. The van der Waals surface area contributed by atoms with Gasteiger partial charge in [0.15, 0.2) is 6.29 Å². The first-order valence-corrected chi connectivity index (χ1v) is 6.17. The smallest absolute Gasteiger partial charge is 0.159 e. The third-order valence-electron chi connectivity index (χ3n) is 2.98. The van der Waals surface area contributed by atoms with Gasteiger partial charge < -0.3 is 19.5 Å². The molecule has 1 saturated heterocycles. The molecule has 0 aromatic heterocycles. The van der Waals surface area contributed by atoms with Gasteiger partial charge in [-0.05, 0) is 25.0 Å². The quantitative estimate of drug-likeness (QED) is 0.771. The lowest BCUT2D eigenvalue weighted by atomic mass is 9.99. The maximum absolute atomic E-state index is 5.49. The van der Waals surface area contributed by atoms with E-state index in [0.29, 0.717) is 6.04 Å². The molecular formula is C12H21NO3. The minimum atomic E-state index is -0.0492. The summed E-state index contributed by atoms with van der Waals surface area (Å²) >= 11 is 0. The summed E-state index contributed by atoms with van der Waals surface area (Å²) < 4.78 is 16.4. The minimum absolute atomic E-state index is 0.0492. The van der Waals surface area contributed by atoms with Crippen LogP contribution >= 0.6 is 0 Å². The highest BCUT2D eigenvalue weighted by molar-refractivity contribution is 5.10. The highest BCUT2D eigenvalue weighted by Gasteiger charge is 2.24. The van der Waals surface area contributed by atoms with Gasteiger partial charge in [0.05, 0.1) is 26.1 Å². The molecule has 2 heterocycles. The maximum atomic E-state index is 5.49. The summed E-state index contributed by atoms with van der Waals surface area (Å²) in [6.45, 7) is 5.36. The average molecular weight is 227 g/mol. The molecule has 16 heavy (non-hydrogen) atoms. The van der Waals surface area contributed by atoms with E-state index in [0.717, 1.165) is 45.6 Å². The van der Waals surface area contributed by atoms with Crippen LogP contribution in [0.5, 0.6) is 0 Å². The first-order chi connectivity index (χ1) is 7.90. The van der Waals surface area contributed by atoms with E-state index < -0.39 is 0 Å². The lowest BCUT2D eigenvalue weighted by molar-refractivity contribution is -0.0509. The first-order valence-electron chi connectivity index (χ1n) is 6.17. The van der Waals surface area contributed by atoms with Gasteiger partial charge in [-0.2, -0.15) is 0 Å². The highest BCUT2D eigenvalue weighted by Crippen LogP contribution is 2.21. The molecule has 0 radical (unpaired) electrons. The monoisotopic (exact) mass is 227 g/mol. The van der Waals surface area contributed by atoms with Crippen LogP contribution < -0.4 is 5.32 Å². The minimum Gasteiger partial charge on any atom is -0.501 e. The average Bonchev–Trinajstić information content (AvgIpc) is 2.83. The Hall–Kier alpha value is -0.580. The molecule has 2 aliphatic heterocycles. The molecule has 0 aromatic rings. The number of likely N-dealkylation sites (N-methyl/N-ethyl adjacent to an activating group) is 1. The van der Waals surface area contributed by atoms with Crippen molar-refractivity contribution in [3.05, 3.63) is 11.8 Å². The zero-order valence-electron chi connectivity index (χ0n) is 9.91. The lowest BCUT2D eigenvalue weighted by Crippen LogP contribution is -2.35. The van der Waals surface area contributed by atoms with E-state index in [2.05, 4.69) is 12.2 Å². The van der Waals surface area contributed by atoms with Crippen molar-refractivity contribution < 1.29 is 14.2 Å². The molecule has 0 amide bonds. The van der Waals surface area contributed by atoms with Crippen molar-refractivity contribution in [2.24, 2.45) is 0 Å². The van der Waals surface area contributed by atoms with Crippen LogP contribution in [-0.4, -0.2) is 38.7 Å². The molecule has 2 aliphatic rings. The fraction of sp³-hybridized carbons (Fsp3) is 0.833. The van der Waals surface area contributed by atoms with Crippen LogP contribution in [-0.2, 0) is 14.2 Å². The normalized spacial score (nSPS) is 23.9. The third-order valence-corrected chi connectivity index (χ3v) is 2.98. The number of hydrogen-bond acceptors (Lipinski definition) is 4. The van der Waals surface area contributed by atoms with Gasteiger partial charge in [-0.1, -0.05) is 6.92 Å². The Morgan fingerprint density at radius 3 is 2.81 bits per heavy atom. The highest BCUT2D eigenvalue weighted by atomic mass is 16.7. The molecule has 0 bridgehead atoms. The molecular weight excluding hydrogens is 206 g/mol. The van der Waals surface area contributed by atoms with Gasteiger partial charge in [-0.3, -0.25) is 0 Å². The summed E-state index contributed by atoms with van der Waals surface area (Å²) in [6, 6.07) is 0.327. The third kappa shape index (κ3) is 3.20. The predicted molar refractivity (Wildman–Crippen MR) is 61.0 cm³/mol. The first kappa shape index (κ1) is 11.9. The fourth-order valence-corrected chi connectivity index (χ4v) is 2.19. The van der Waals surface area contributed by atoms with Crippen LogP contribution in [0, 0.1) is 0 Å². The van der Waals surface area contributed by atoms with Crippen LogP contribution in [0.25, 0.3) is 0 Å². The Morgan fingerprint density at radius 2 is 2.19 bits per heavy atom. The maximum Gasteiger partial charge on any atom is 0.159 e. The van der Waals surface area contributed by atoms with Gasteiger partial charge in [0, 0.05) is 12.5 Å². The van der Waals surface area contributed by atoms with Crippen molar-refractivity contribution in [3.8, 4) is 0 Å². The summed E-state index contributed by atoms with van der Waals surface area (Å²) in [6.07, 6.45) is 4.96.